The maximum Gasteiger partial charge on any atom is 0.226 e. The number of aromatic nitrogens is 1. The van der Waals surface area contributed by atoms with Crippen LogP contribution in [-0.4, -0.2) is 18.0 Å². The molecule has 1 unspecified atom stereocenters. The second-order valence-corrected chi connectivity index (χ2v) is 6.49. The highest BCUT2D eigenvalue weighted by molar-refractivity contribution is 5.81. The van der Waals surface area contributed by atoms with Crippen molar-refractivity contribution in [2.45, 2.75) is 19.5 Å². The summed E-state index contributed by atoms with van der Waals surface area (Å²) in [6.07, 6.45) is 1.66. The molecule has 0 bridgehead atoms. The van der Waals surface area contributed by atoms with Gasteiger partial charge in [-0.1, -0.05) is 36.4 Å². The van der Waals surface area contributed by atoms with Crippen molar-refractivity contribution in [2.75, 3.05) is 7.05 Å². The molecule has 0 amide bonds. The molecular formula is C22H22N4O2. The number of aliphatic imine (C=N–C) groups is 1. The summed E-state index contributed by atoms with van der Waals surface area (Å²) in [4.78, 5) is 8.80. The van der Waals surface area contributed by atoms with E-state index in [4.69, 9.17) is 8.83 Å². The number of hydrogen-bond donors (Lipinski definition) is 2. The Labute approximate surface area is 163 Å². The summed E-state index contributed by atoms with van der Waals surface area (Å²) in [6, 6.07) is 19.8. The monoisotopic (exact) mass is 374 g/mol. The number of hydrogen-bond acceptors (Lipinski definition) is 4. The van der Waals surface area contributed by atoms with Gasteiger partial charge in [-0.15, -0.1) is 0 Å². The largest absolute Gasteiger partial charge is 0.459 e. The standard InChI is InChI=1S/C22H22N4O2/c1-15(20-12-17-10-6-7-11-19(17)28-20)25-22(23-2)24-13-18-14-27-21(26-18)16-8-4-3-5-9-16/h3-12,14-15H,13H2,1-2H3,(H2,23,24,25). The van der Waals surface area contributed by atoms with Gasteiger partial charge in [0.2, 0.25) is 5.89 Å². The van der Waals surface area contributed by atoms with Gasteiger partial charge in [0.05, 0.1) is 18.3 Å². The predicted molar refractivity (Wildman–Crippen MR) is 110 cm³/mol. The molecule has 1 atom stereocenters. The molecule has 4 rings (SSSR count). The summed E-state index contributed by atoms with van der Waals surface area (Å²) in [5, 5.41) is 7.69. The van der Waals surface area contributed by atoms with E-state index >= 15 is 0 Å². The molecule has 2 aromatic heterocycles. The fraction of sp³-hybridized carbons (Fsp3) is 0.182. The molecule has 2 N–H and O–H groups in total. The van der Waals surface area contributed by atoms with Crippen molar-refractivity contribution < 1.29 is 8.83 Å². The highest BCUT2D eigenvalue weighted by Gasteiger charge is 2.13. The first-order valence-electron chi connectivity index (χ1n) is 9.18. The van der Waals surface area contributed by atoms with E-state index in [0.29, 0.717) is 18.4 Å². The van der Waals surface area contributed by atoms with Crippen molar-refractivity contribution >= 4 is 16.9 Å². The zero-order chi connectivity index (χ0) is 19.3. The number of nitrogens with zero attached hydrogens (tertiary/aromatic N) is 2. The van der Waals surface area contributed by atoms with Crippen LogP contribution in [0.3, 0.4) is 0 Å². The Balaban J connectivity index is 1.38. The van der Waals surface area contributed by atoms with Crippen molar-refractivity contribution in [2.24, 2.45) is 4.99 Å². The Morgan fingerprint density at radius 2 is 1.89 bits per heavy atom. The minimum absolute atomic E-state index is 0.0317. The average Bonchev–Trinajstić information content (AvgIpc) is 3.38. The molecule has 0 aliphatic carbocycles. The molecule has 0 aliphatic rings. The maximum absolute atomic E-state index is 5.92. The summed E-state index contributed by atoms with van der Waals surface area (Å²) in [5.41, 5.74) is 2.64. The van der Waals surface area contributed by atoms with Gasteiger partial charge < -0.3 is 19.5 Å². The summed E-state index contributed by atoms with van der Waals surface area (Å²) in [5.74, 6) is 2.13. The SMILES string of the molecule is CN=C(NCc1coc(-c2ccccc2)n1)NC(C)c1cc2ccccc2o1. The van der Waals surface area contributed by atoms with E-state index in [1.165, 1.54) is 0 Å². The Kier molecular flexibility index (Phi) is 5.10. The number of fused-ring (bicyclic) bond motifs is 1. The first-order chi connectivity index (χ1) is 13.7. The van der Waals surface area contributed by atoms with E-state index in [1.807, 2.05) is 67.6 Å². The van der Waals surface area contributed by atoms with Crippen LogP contribution in [0.5, 0.6) is 0 Å². The zero-order valence-corrected chi connectivity index (χ0v) is 15.8. The maximum atomic E-state index is 5.92. The molecule has 0 spiro atoms. The van der Waals surface area contributed by atoms with Crippen molar-refractivity contribution in [3.05, 3.63) is 78.4 Å². The number of furan rings is 1. The van der Waals surface area contributed by atoms with Gasteiger partial charge in [0.1, 0.15) is 17.6 Å². The number of nitrogens with one attached hydrogen (secondary N) is 2. The lowest BCUT2D eigenvalue weighted by Gasteiger charge is -2.15. The minimum Gasteiger partial charge on any atom is -0.459 e. The molecule has 0 saturated carbocycles. The quantitative estimate of drug-likeness (QED) is 0.397. The van der Waals surface area contributed by atoms with Crippen molar-refractivity contribution in [3.8, 4) is 11.5 Å². The number of benzene rings is 2. The molecule has 0 aliphatic heterocycles. The van der Waals surface area contributed by atoms with Crippen LogP contribution in [0.4, 0.5) is 0 Å². The Morgan fingerprint density at radius 3 is 2.68 bits per heavy atom. The fourth-order valence-electron chi connectivity index (χ4n) is 2.96. The van der Waals surface area contributed by atoms with Crippen LogP contribution in [0, 0.1) is 0 Å². The summed E-state index contributed by atoms with van der Waals surface area (Å²) < 4.78 is 11.5. The first-order valence-corrected chi connectivity index (χ1v) is 9.18. The van der Waals surface area contributed by atoms with E-state index < -0.39 is 0 Å². The van der Waals surface area contributed by atoms with Crippen LogP contribution in [0.2, 0.25) is 0 Å². The van der Waals surface area contributed by atoms with Crippen LogP contribution >= 0.6 is 0 Å². The highest BCUT2D eigenvalue weighted by atomic mass is 16.3. The van der Waals surface area contributed by atoms with Crippen molar-refractivity contribution in [1.29, 1.82) is 0 Å². The van der Waals surface area contributed by atoms with Crippen molar-refractivity contribution in [3.63, 3.8) is 0 Å². The van der Waals surface area contributed by atoms with Gasteiger partial charge >= 0.3 is 0 Å². The molecule has 142 valence electrons. The summed E-state index contributed by atoms with van der Waals surface area (Å²) in [6.45, 7) is 2.54. The average molecular weight is 374 g/mol. The third-order valence-electron chi connectivity index (χ3n) is 4.46. The highest BCUT2D eigenvalue weighted by Crippen LogP contribution is 2.23. The van der Waals surface area contributed by atoms with Crippen LogP contribution in [0.1, 0.15) is 24.4 Å². The van der Waals surface area contributed by atoms with E-state index in [9.17, 15) is 0 Å². The Hall–Kier alpha value is -3.54. The third-order valence-corrected chi connectivity index (χ3v) is 4.46. The topological polar surface area (TPSA) is 75.6 Å². The number of oxazole rings is 1. The van der Waals surface area contributed by atoms with Crippen LogP contribution in [0.25, 0.3) is 22.4 Å². The summed E-state index contributed by atoms with van der Waals surface area (Å²) >= 11 is 0. The van der Waals surface area contributed by atoms with Crippen LogP contribution in [0.15, 0.2) is 80.8 Å². The third kappa shape index (κ3) is 3.91. The van der Waals surface area contributed by atoms with Gasteiger partial charge in [-0.2, -0.15) is 0 Å². The van der Waals surface area contributed by atoms with E-state index in [2.05, 4.69) is 20.6 Å². The van der Waals surface area contributed by atoms with Crippen molar-refractivity contribution in [1.82, 2.24) is 15.6 Å². The first kappa shape index (κ1) is 17.9. The molecule has 6 nitrogen and oxygen atoms in total. The van der Waals surface area contributed by atoms with E-state index in [1.54, 1.807) is 13.3 Å². The zero-order valence-electron chi connectivity index (χ0n) is 15.8. The van der Waals surface area contributed by atoms with Gasteiger partial charge in [0.15, 0.2) is 5.96 Å². The molecule has 6 heteroatoms. The molecule has 4 aromatic rings. The number of para-hydroxylation sites is 1. The van der Waals surface area contributed by atoms with Gasteiger partial charge in [0.25, 0.3) is 0 Å². The molecule has 0 fully saturated rings. The predicted octanol–water partition coefficient (Wildman–Crippen LogP) is 4.51. The Morgan fingerprint density at radius 1 is 1.11 bits per heavy atom. The lowest BCUT2D eigenvalue weighted by atomic mass is 10.2. The molecule has 0 saturated heterocycles. The number of guanidine groups is 1. The second-order valence-electron chi connectivity index (χ2n) is 6.49. The lowest BCUT2D eigenvalue weighted by molar-refractivity contribution is 0.488. The summed E-state index contributed by atoms with van der Waals surface area (Å²) in [7, 11) is 1.74. The van der Waals surface area contributed by atoms with Gasteiger partial charge in [-0.25, -0.2) is 4.98 Å². The lowest BCUT2D eigenvalue weighted by Crippen LogP contribution is -2.38. The Bertz CT molecular complexity index is 1050. The second kappa shape index (κ2) is 8.00. The molecular weight excluding hydrogens is 352 g/mol. The van der Waals surface area contributed by atoms with Gasteiger partial charge in [-0.05, 0) is 31.2 Å². The fourth-order valence-corrected chi connectivity index (χ4v) is 2.96. The molecule has 2 heterocycles. The minimum atomic E-state index is -0.0317. The number of rotatable bonds is 5. The molecule has 2 aromatic carbocycles. The van der Waals surface area contributed by atoms with Crippen LogP contribution < -0.4 is 10.6 Å². The molecule has 28 heavy (non-hydrogen) atoms. The van der Waals surface area contributed by atoms with E-state index in [0.717, 1.165) is 28.0 Å². The van der Waals surface area contributed by atoms with Gasteiger partial charge in [0, 0.05) is 18.0 Å². The van der Waals surface area contributed by atoms with Crippen LogP contribution in [-0.2, 0) is 6.54 Å². The van der Waals surface area contributed by atoms with E-state index in [-0.39, 0.29) is 6.04 Å². The normalized spacial score (nSPS) is 12.9. The van der Waals surface area contributed by atoms with Gasteiger partial charge in [-0.3, -0.25) is 4.99 Å². The molecule has 0 radical (unpaired) electrons. The smallest absolute Gasteiger partial charge is 0.226 e.